The van der Waals surface area contributed by atoms with Crippen LogP contribution in [0.25, 0.3) is 0 Å². The number of nitrogens with zero attached hydrogens (tertiary/aromatic N) is 2. The molecule has 0 saturated carbocycles. The van der Waals surface area contributed by atoms with Gasteiger partial charge in [0.2, 0.25) is 0 Å². The van der Waals surface area contributed by atoms with Crippen LogP contribution in [-0.2, 0) is 0 Å². The van der Waals surface area contributed by atoms with E-state index in [1.54, 1.807) is 0 Å². The zero-order valence-corrected chi connectivity index (χ0v) is 16.7. The van der Waals surface area contributed by atoms with Crippen LogP contribution in [-0.4, -0.2) is 24.0 Å². The molecule has 26 heavy (non-hydrogen) atoms. The number of carbonyl (C=O) groups is 1. The standard InChI is InChI=1S/C23H32N2O/c1-5-7-16-24(17-8-6-2)23(26)25(21-12-10-9-11-13-21)22-15-14-19(3)18-20(22)4/h9-15,18H,5-8,16-17H2,1-4H3. The minimum Gasteiger partial charge on any atom is -0.324 e. The maximum atomic E-state index is 13.5. The quantitative estimate of drug-likeness (QED) is 0.534. The summed E-state index contributed by atoms with van der Waals surface area (Å²) in [7, 11) is 0. The van der Waals surface area contributed by atoms with Gasteiger partial charge in [0.25, 0.3) is 0 Å². The molecule has 2 aromatic carbocycles. The Bertz CT molecular complexity index is 689. The zero-order valence-electron chi connectivity index (χ0n) is 16.7. The average Bonchev–Trinajstić information content (AvgIpc) is 2.64. The minimum absolute atomic E-state index is 0.0741. The van der Waals surface area contributed by atoms with Crippen LogP contribution >= 0.6 is 0 Å². The van der Waals surface area contributed by atoms with Gasteiger partial charge in [0.1, 0.15) is 0 Å². The van der Waals surface area contributed by atoms with Crippen LogP contribution in [0.2, 0.25) is 0 Å². The molecule has 0 N–H and O–H groups in total. The molecule has 0 radical (unpaired) electrons. The van der Waals surface area contributed by atoms with Gasteiger partial charge in [-0.15, -0.1) is 0 Å². The van der Waals surface area contributed by atoms with Crippen LogP contribution in [0.1, 0.15) is 50.7 Å². The molecule has 0 spiro atoms. The van der Waals surface area contributed by atoms with Crippen molar-refractivity contribution in [3.05, 3.63) is 59.7 Å². The van der Waals surface area contributed by atoms with Crippen molar-refractivity contribution in [3.8, 4) is 0 Å². The van der Waals surface area contributed by atoms with E-state index in [1.807, 2.05) is 40.1 Å². The topological polar surface area (TPSA) is 23.6 Å². The van der Waals surface area contributed by atoms with Crippen LogP contribution in [0.4, 0.5) is 16.2 Å². The van der Waals surface area contributed by atoms with Gasteiger partial charge in [-0.05, 0) is 50.5 Å². The number of hydrogen-bond acceptors (Lipinski definition) is 1. The van der Waals surface area contributed by atoms with E-state index in [9.17, 15) is 4.79 Å². The third-order valence-electron chi connectivity index (χ3n) is 4.63. The van der Waals surface area contributed by atoms with Crippen LogP contribution in [0.5, 0.6) is 0 Å². The summed E-state index contributed by atoms with van der Waals surface area (Å²) in [5, 5.41) is 0. The third-order valence-corrected chi connectivity index (χ3v) is 4.63. The van der Waals surface area contributed by atoms with E-state index < -0.39 is 0 Å². The number of para-hydroxylation sites is 1. The second-order valence-corrected chi connectivity index (χ2v) is 6.94. The number of amides is 2. The molecular weight excluding hydrogens is 320 g/mol. The molecule has 0 bridgehead atoms. The molecule has 0 aliphatic carbocycles. The smallest absolute Gasteiger partial charge is 0.324 e. The number of unbranched alkanes of at least 4 members (excludes halogenated alkanes) is 2. The Morgan fingerprint density at radius 1 is 0.885 bits per heavy atom. The van der Waals surface area contributed by atoms with Crippen molar-refractivity contribution in [1.29, 1.82) is 0 Å². The van der Waals surface area contributed by atoms with E-state index in [2.05, 4.69) is 45.9 Å². The number of rotatable bonds is 8. The van der Waals surface area contributed by atoms with Gasteiger partial charge in [0.15, 0.2) is 0 Å². The lowest BCUT2D eigenvalue weighted by Crippen LogP contribution is -2.42. The lowest BCUT2D eigenvalue weighted by Gasteiger charge is -2.32. The Morgan fingerprint density at radius 2 is 1.50 bits per heavy atom. The van der Waals surface area contributed by atoms with Crippen LogP contribution < -0.4 is 4.90 Å². The summed E-state index contributed by atoms with van der Waals surface area (Å²) < 4.78 is 0. The van der Waals surface area contributed by atoms with Gasteiger partial charge in [-0.2, -0.15) is 0 Å². The lowest BCUT2D eigenvalue weighted by molar-refractivity contribution is 0.205. The van der Waals surface area contributed by atoms with Crippen molar-refractivity contribution in [3.63, 3.8) is 0 Å². The van der Waals surface area contributed by atoms with Crippen molar-refractivity contribution in [2.75, 3.05) is 18.0 Å². The van der Waals surface area contributed by atoms with Gasteiger partial charge in [-0.25, -0.2) is 4.79 Å². The SMILES string of the molecule is CCCCN(CCCC)C(=O)N(c1ccccc1)c1ccc(C)cc1C. The van der Waals surface area contributed by atoms with Crippen molar-refractivity contribution >= 4 is 17.4 Å². The minimum atomic E-state index is 0.0741. The molecule has 2 rings (SSSR count). The molecular formula is C23H32N2O. The molecule has 0 fully saturated rings. The first-order valence-corrected chi connectivity index (χ1v) is 9.79. The molecule has 2 aromatic rings. The van der Waals surface area contributed by atoms with Gasteiger partial charge in [-0.3, -0.25) is 4.90 Å². The summed E-state index contributed by atoms with van der Waals surface area (Å²) in [5.41, 5.74) is 4.21. The first kappa shape index (κ1) is 20.0. The fourth-order valence-corrected chi connectivity index (χ4v) is 3.13. The van der Waals surface area contributed by atoms with Crippen LogP contribution in [0.15, 0.2) is 48.5 Å². The molecule has 2 amide bonds. The van der Waals surface area contributed by atoms with Gasteiger partial charge in [-0.1, -0.05) is 62.6 Å². The average molecular weight is 353 g/mol. The first-order valence-electron chi connectivity index (χ1n) is 9.79. The number of carbonyl (C=O) groups excluding carboxylic acids is 1. The van der Waals surface area contributed by atoms with Crippen molar-refractivity contribution in [2.24, 2.45) is 0 Å². The van der Waals surface area contributed by atoms with E-state index in [0.717, 1.165) is 55.7 Å². The Labute approximate surface area is 158 Å². The number of anilines is 2. The summed E-state index contributed by atoms with van der Waals surface area (Å²) in [4.78, 5) is 17.4. The normalized spacial score (nSPS) is 10.6. The second-order valence-electron chi connectivity index (χ2n) is 6.94. The maximum absolute atomic E-state index is 13.5. The van der Waals surface area contributed by atoms with Gasteiger partial charge >= 0.3 is 6.03 Å². The predicted molar refractivity (Wildman–Crippen MR) is 111 cm³/mol. The maximum Gasteiger partial charge on any atom is 0.329 e. The molecule has 0 atom stereocenters. The lowest BCUT2D eigenvalue weighted by atomic mass is 10.1. The van der Waals surface area contributed by atoms with E-state index >= 15 is 0 Å². The molecule has 3 nitrogen and oxygen atoms in total. The summed E-state index contributed by atoms with van der Waals surface area (Å²) in [5.74, 6) is 0. The molecule has 140 valence electrons. The van der Waals surface area contributed by atoms with E-state index in [4.69, 9.17) is 0 Å². The van der Waals surface area contributed by atoms with Gasteiger partial charge in [0, 0.05) is 13.1 Å². The fraction of sp³-hybridized carbons (Fsp3) is 0.435. The molecule has 0 aliphatic heterocycles. The van der Waals surface area contributed by atoms with Crippen molar-refractivity contribution in [2.45, 2.75) is 53.4 Å². The number of urea groups is 1. The van der Waals surface area contributed by atoms with Crippen molar-refractivity contribution < 1.29 is 4.79 Å². The molecule has 3 heteroatoms. The Kier molecular flexibility index (Phi) is 7.71. The number of benzene rings is 2. The highest BCUT2D eigenvalue weighted by Crippen LogP contribution is 2.30. The van der Waals surface area contributed by atoms with Crippen LogP contribution in [0, 0.1) is 13.8 Å². The summed E-state index contributed by atoms with van der Waals surface area (Å²) in [6.45, 7) is 10.1. The third kappa shape index (κ3) is 5.10. The largest absolute Gasteiger partial charge is 0.329 e. The predicted octanol–water partition coefficient (Wildman–Crippen LogP) is 6.46. The summed E-state index contributed by atoms with van der Waals surface area (Å²) in [6.07, 6.45) is 4.24. The van der Waals surface area contributed by atoms with E-state index in [-0.39, 0.29) is 6.03 Å². The summed E-state index contributed by atoms with van der Waals surface area (Å²) in [6, 6.07) is 16.3. The zero-order chi connectivity index (χ0) is 18.9. The molecule has 0 heterocycles. The highest BCUT2D eigenvalue weighted by atomic mass is 16.2. The Balaban J connectivity index is 2.43. The monoisotopic (exact) mass is 352 g/mol. The van der Waals surface area contributed by atoms with E-state index in [0.29, 0.717) is 0 Å². The molecule has 0 aliphatic rings. The molecule has 0 saturated heterocycles. The number of hydrogen-bond donors (Lipinski definition) is 0. The molecule has 0 unspecified atom stereocenters. The first-order chi connectivity index (χ1) is 12.6. The highest BCUT2D eigenvalue weighted by molar-refractivity contribution is 6.00. The van der Waals surface area contributed by atoms with Crippen molar-refractivity contribution in [1.82, 2.24) is 4.90 Å². The van der Waals surface area contributed by atoms with Gasteiger partial charge < -0.3 is 4.90 Å². The van der Waals surface area contributed by atoms with Crippen LogP contribution in [0.3, 0.4) is 0 Å². The highest BCUT2D eigenvalue weighted by Gasteiger charge is 2.24. The second kappa shape index (κ2) is 10.0. The molecule has 0 aromatic heterocycles. The Morgan fingerprint density at radius 3 is 2.04 bits per heavy atom. The Hall–Kier alpha value is -2.29. The number of aryl methyl sites for hydroxylation is 2. The van der Waals surface area contributed by atoms with E-state index in [1.165, 1.54) is 5.56 Å². The fourth-order valence-electron chi connectivity index (χ4n) is 3.13. The van der Waals surface area contributed by atoms with Gasteiger partial charge in [0.05, 0.1) is 11.4 Å². The summed E-state index contributed by atoms with van der Waals surface area (Å²) >= 11 is 0.